The largest absolute Gasteiger partial charge is 0.480 e. The average molecular weight is 347 g/mol. The van der Waals surface area contributed by atoms with Crippen LogP contribution in [0.5, 0.6) is 0 Å². The molecule has 0 unspecified atom stereocenters. The fourth-order valence-electron chi connectivity index (χ4n) is 2.64. The van der Waals surface area contributed by atoms with Crippen LogP contribution in [0.1, 0.15) is 43.2 Å². The van der Waals surface area contributed by atoms with Crippen LogP contribution in [0, 0.1) is 11.7 Å². The zero-order chi connectivity index (χ0) is 18.6. The summed E-state index contributed by atoms with van der Waals surface area (Å²) in [6.45, 7) is 5.66. The lowest BCUT2D eigenvalue weighted by atomic mass is 10.0. The Balaban J connectivity index is 2.28. The van der Waals surface area contributed by atoms with Crippen molar-refractivity contribution in [1.29, 1.82) is 0 Å². The van der Waals surface area contributed by atoms with Crippen molar-refractivity contribution in [3.63, 3.8) is 0 Å². The third-order valence-corrected chi connectivity index (χ3v) is 3.83. The van der Waals surface area contributed by atoms with E-state index in [-0.39, 0.29) is 11.7 Å². The zero-order valence-corrected chi connectivity index (χ0v) is 14.5. The minimum atomic E-state index is -1.06. The number of hydrogen-bond donors (Lipinski definition) is 2. The zero-order valence-electron chi connectivity index (χ0n) is 14.5. The summed E-state index contributed by atoms with van der Waals surface area (Å²) in [6.07, 6.45) is 2.27. The Morgan fingerprint density at radius 2 is 1.92 bits per heavy atom. The molecule has 134 valence electrons. The van der Waals surface area contributed by atoms with Gasteiger partial charge in [0.2, 0.25) is 0 Å². The summed E-state index contributed by atoms with van der Waals surface area (Å²) in [6, 6.07) is 4.83. The van der Waals surface area contributed by atoms with Gasteiger partial charge in [0.25, 0.3) is 5.91 Å². The van der Waals surface area contributed by atoms with Gasteiger partial charge >= 0.3 is 5.97 Å². The van der Waals surface area contributed by atoms with Gasteiger partial charge in [-0.1, -0.05) is 20.8 Å². The number of amides is 1. The molecular formula is C18H22FN3O3. The van der Waals surface area contributed by atoms with Crippen molar-refractivity contribution in [2.45, 2.75) is 39.7 Å². The lowest BCUT2D eigenvalue weighted by Gasteiger charge is -2.16. The van der Waals surface area contributed by atoms with Gasteiger partial charge in [0, 0.05) is 0 Å². The van der Waals surface area contributed by atoms with Crippen molar-refractivity contribution < 1.29 is 19.1 Å². The molecule has 1 aromatic carbocycles. The lowest BCUT2D eigenvalue weighted by molar-refractivity contribution is -0.139. The molecule has 1 heterocycles. The van der Waals surface area contributed by atoms with Crippen molar-refractivity contribution in [3.8, 4) is 5.69 Å². The van der Waals surface area contributed by atoms with Gasteiger partial charge in [-0.2, -0.15) is 5.10 Å². The molecule has 0 saturated heterocycles. The molecule has 0 fully saturated rings. The summed E-state index contributed by atoms with van der Waals surface area (Å²) in [5, 5.41) is 16.1. The second kappa shape index (κ2) is 7.92. The van der Waals surface area contributed by atoms with Gasteiger partial charge in [-0.05, 0) is 43.0 Å². The highest BCUT2D eigenvalue weighted by atomic mass is 19.1. The predicted octanol–water partition coefficient (Wildman–Crippen LogP) is 2.80. The number of carbonyl (C=O) groups excluding carboxylic acids is 1. The van der Waals surface area contributed by atoms with E-state index < -0.39 is 17.9 Å². The Morgan fingerprint density at radius 1 is 1.28 bits per heavy atom. The molecule has 0 radical (unpaired) electrons. The molecule has 0 spiro atoms. The monoisotopic (exact) mass is 347 g/mol. The number of nitrogens with zero attached hydrogens (tertiary/aromatic N) is 2. The number of nitrogens with one attached hydrogen (secondary N) is 1. The molecule has 25 heavy (non-hydrogen) atoms. The van der Waals surface area contributed by atoms with Crippen molar-refractivity contribution in [2.24, 2.45) is 5.92 Å². The molecule has 2 rings (SSSR count). The molecule has 2 aromatic rings. The molecule has 1 aromatic heterocycles. The molecule has 7 heteroatoms. The van der Waals surface area contributed by atoms with Crippen LogP contribution in [0.25, 0.3) is 5.69 Å². The summed E-state index contributed by atoms with van der Waals surface area (Å²) in [7, 11) is 0. The first kappa shape index (κ1) is 18.6. The quantitative estimate of drug-likeness (QED) is 0.807. The van der Waals surface area contributed by atoms with E-state index in [2.05, 4.69) is 10.4 Å². The highest BCUT2D eigenvalue weighted by Crippen LogP contribution is 2.17. The molecule has 1 amide bonds. The lowest BCUT2D eigenvalue weighted by Crippen LogP contribution is -2.41. The molecule has 2 N–H and O–H groups in total. The fourth-order valence-corrected chi connectivity index (χ4v) is 2.64. The van der Waals surface area contributed by atoms with Gasteiger partial charge in [0.15, 0.2) is 0 Å². The van der Waals surface area contributed by atoms with E-state index in [1.54, 1.807) is 16.8 Å². The Morgan fingerprint density at radius 3 is 2.44 bits per heavy atom. The molecule has 0 aliphatic heterocycles. The first-order valence-corrected chi connectivity index (χ1v) is 8.20. The van der Waals surface area contributed by atoms with Gasteiger partial charge < -0.3 is 10.4 Å². The maximum Gasteiger partial charge on any atom is 0.326 e. The number of aliphatic carboxylic acids is 1. The molecule has 0 saturated carbocycles. The molecule has 0 bridgehead atoms. The van der Waals surface area contributed by atoms with Crippen molar-refractivity contribution in [2.75, 3.05) is 0 Å². The third kappa shape index (κ3) is 4.43. The average Bonchev–Trinajstić information content (AvgIpc) is 2.98. The molecule has 0 aliphatic carbocycles. The Bertz CT molecular complexity index is 753. The van der Waals surface area contributed by atoms with Crippen LogP contribution in [-0.2, 0) is 11.2 Å². The van der Waals surface area contributed by atoms with E-state index in [1.807, 2.05) is 20.8 Å². The smallest absolute Gasteiger partial charge is 0.326 e. The van der Waals surface area contributed by atoms with Crippen LogP contribution in [-0.4, -0.2) is 32.8 Å². The highest BCUT2D eigenvalue weighted by Gasteiger charge is 2.24. The van der Waals surface area contributed by atoms with Gasteiger partial charge in [-0.15, -0.1) is 0 Å². The number of rotatable bonds is 7. The van der Waals surface area contributed by atoms with E-state index in [0.717, 1.165) is 0 Å². The van der Waals surface area contributed by atoms with E-state index in [1.165, 1.54) is 18.3 Å². The first-order valence-electron chi connectivity index (χ1n) is 8.20. The van der Waals surface area contributed by atoms with E-state index >= 15 is 0 Å². The second-order valence-corrected chi connectivity index (χ2v) is 6.24. The number of benzene rings is 1. The van der Waals surface area contributed by atoms with Crippen LogP contribution >= 0.6 is 0 Å². The minimum Gasteiger partial charge on any atom is -0.480 e. The number of carbonyl (C=O) groups is 2. The molecule has 1 atom stereocenters. The predicted molar refractivity (Wildman–Crippen MR) is 91.2 cm³/mol. The number of hydrogen-bond acceptors (Lipinski definition) is 3. The number of aromatic nitrogens is 2. The van der Waals surface area contributed by atoms with E-state index in [4.69, 9.17) is 0 Å². The summed E-state index contributed by atoms with van der Waals surface area (Å²) in [4.78, 5) is 23.9. The summed E-state index contributed by atoms with van der Waals surface area (Å²) >= 11 is 0. The fraction of sp³-hybridized carbons (Fsp3) is 0.389. The Kier molecular flexibility index (Phi) is 5.90. The second-order valence-electron chi connectivity index (χ2n) is 6.24. The standard InChI is InChI=1S/C18H22FN3O3/c1-4-16-14(17(23)21-15(18(24)25)9-11(2)3)10-20-22(16)13-7-5-12(19)6-8-13/h5-8,10-11,15H,4,9H2,1-3H3,(H,21,23)(H,24,25)/t15-/m1/s1. The van der Waals surface area contributed by atoms with Crippen LogP contribution in [0.2, 0.25) is 0 Å². The Labute approximate surface area is 145 Å². The number of carboxylic acid groups (broad SMARTS) is 1. The van der Waals surface area contributed by atoms with Crippen molar-refractivity contribution in [3.05, 3.63) is 47.5 Å². The number of halogens is 1. The SMILES string of the molecule is CCc1c(C(=O)N[C@H](CC(C)C)C(=O)O)cnn1-c1ccc(F)cc1. The van der Waals surface area contributed by atoms with Crippen LogP contribution in [0.15, 0.2) is 30.5 Å². The summed E-state index contributed by atoms with van der Waals surface area (Å²) < 4.78 is 14.7. The highest BCUT2D eigenvalue weighted by molar-refractivity contribution is 5.97. The first-order chi connectivity index (χ1) is 11.8. The summed E-state index contributed by atoms with van der Waals surface area (Å²) in [5.41, 5.74) is 1.59. The van der Waals surface area contributed by atoms with Crippen LogP contribution in [0.4, 0.5) is 4.39 Å². The van der Waals surface area contributed by atoms with Crippen LogP contribution in [0.3, 0.4) is 0 Å². The van der Waals surface area contributed by atoms with Crippen molar-refractivity contribution in [1.82, 2.24) is 15.1 Å². The minimum absolute atomic E-state index is 0.133. The maximum absolute atomic E-state index is 13.1. The number of carboxylic acids is 1. The molecular weight excluding hydrogens is 325 g/mol. The maximum atomic E-state index is 13.1. The topological polar surface area (TPSA) is 84.2 Å². The molecule has 6 nitrogen and oxygen atoms in total. The van der Waals surface area contributed by atoms with Gasteiger partial charge in [0.05, 0.1) is 23.1 Å². The Hall–Kier alpha value is -2.70. The third-order valence-electron chi connectivity index (χ3n) is 3.83. The van der Waals surface area contributed by atoms with Crippen LogP contribution < -0.4 is 5.32 Å². The van der Waals surface area contributed by atoms with E-state index in [0.29, 0.717) is 29.8 Å². The van der Waals surface area contributed by atoms with Crippen molar-refractivity contribution >= 4 is 11.9 Å². The normalized spacial score (nSPS) is 12.2. The van der Waals surface area contributed by atoms with Gasteiger partial charge in [0.1, 0.15) is 11.9 Å². The summed E-state index contributed by atoms with van der Waals surface area (Å²) in [5.74, 6) is -1.76. The van der Waals surface area contributed by atoms with E-state index in [9.17, 15) is 19.1 Å². The van der Waals surface area contributed by atoms with Gasteiger partial charge in [-0.3, -0.25) is 4.79 Å². The van der Waals surface area contributed by atoms with Gasteiger partial charge in [-0.25, -0.2) is 13.9 Å². The molecule has 0 aliphatic rings.